The summed E-state index contributed by atoms with van der Waals surface area (Å²) in [6, 6.07) is 13.5. The van der Waals surface area contributed by atoms with Crippen molar-refractivity contribution in [2.45, 2.75) is 26.3 Å². The van der Waals surface area contributed by atoms with Crippen LogP contribution in [0.5, 0.6) is 5.75 Å². The number of ether oxygens (including phenoxy) is 1. The zero-order valence-corrected chi connectivity index (χ0v) is 13.6. The maximum Gasteiger partial charge on any atom is 0.255 e. The molecule has 0 atom stereocenters. The van der Waals surface area contributed by atoms with Crippen LogP contribution in [0.4, 0.5) is 5.69 Å². The van der Waals surface area contributed by atoms with Crippen molar-refractivity contribution in [3.05, 3.63) is 59.2 Å². The number of rotatable bonds is 3. The molecule has 0 aromatic heterocycles. The van der Waals surface area contributed by atoms with E-state index in [0.717, 1.165) is 30.1 Å². The summed E-state index contributed by atoms with van der Waals surface area (Å²) in [7, 11) is 0. The van der Waals surface area contributed by atoms with E-state index in [0.29, 0.717) is 18.1 Å². The quantitative estimate of drug-likeness (QED) is 0.911. The molecule has 1 heterocycles. The monoisotopic (exact) mass is 310 g/mol. The third-order valence-electron chi connectivity index (χ3n) is 4.01. The van der Waals surface area contributed by atoms with Crippen molar-refractivity contribution >= 4 is 11.6 Å². The van der Waals surface area contributed by atoms with Gasteiger partial charge in [0.15, 0.2) is 0 Å². The molecule has 0 aliphatic carbocycles. The van der Waals surface area contributed by atoms with Gasteiger partial charge < -0.3 is 15.4 Å². The average Bonchev–Trinajstić information content (AvgIpc) is 2.79. The molecule has 2 aromatic rings. The van der Waals surface area contributed by atoms with Crippen molar-refractivity contribution in [2.24, 2.45) is 0 Å². The molecule has 1 amide bonds. The molecular weight excluding hydrogens is 288 g/mol. The van der Waals surface area contributed by atoms with E-state index in [1.165, 1.54) is 5.56 Å². The zero-order valence-electron chi connectivity index (χ0n) is 13.6. The fraction of sp³-hybridized carbons (Fsp3) is 0.316. The lowest BCUT2D eigenvalue weighted by Crippen LogP contribution is -2.16. The average molecular weight is 310 g/mol. The fourth-order valence-corrected chi connectivity index (χ4v) is 2.62. The smallest absolute Gasteiger partial charge is 0.255 e. The lowest BCUT2D eigenvalue weighted by Gasteiger charge is -2.11. The number of amides is 1. The number of hydrogen-bond donors (Lipinski definition) is 2. The number of nitrogens with one attached hydrogen (secondary N) is 2. The van der Waals surface area contributed by atoms with Crippen LogP contribution in [0.3, 0.4) is 0 Å². The molecule has 0 bridgehead atoms. The van der Waals surface area contributed by atoms with Crippen LogP contribution in [-0.4, -0.2) is 19.1 Å². The van der Waals surface area contributed by atoms with Gasteiger partial charge in [-0.15, -0.1) is 0 Å². The minimum atomic E-state index is -0.0947. The SMILES string of the molecule is CC(C)c1ccc(C(=O)Nc2ccc3c(c2)CNCCO3)cc1. The van der Waals surface area contributed by atoms with Gasteiger partial charge in [-0.3, -0.25) is 4.79 Å². The Morgan fingerprint density at radius 3 is 2.70 bits per heavy atom. The number of hydrogen-bond acceptors (Lipinski definition) is 3. The third-order valence-corrected chi connectivity index (χ3v) is 4.01. The van der Waals surface area contributed by atoms with Gasteiger partial charge in [-0.25, -0.2) is 0 Å². The second-order valence-electron chi connectivity index (χ2n) is 6.08. The highest BCUT2D eigenvalue weighted by molar-refractivity contribution is 6.04. The van der Waals surface area contributed by atoms with Crippen molar-refractivity contribution in [1.82, 2.24) is 5.32 Å². The Morgan fingerprint density at radius 2 is 1.96 bits per heavy atom. The summed E-state index contributed by atoms with van der Waals surface area (Å²) in [5.74, 6) is 1.25. The van der Waals surface area contributed by atoms with Crippen LogP contribution in [0.1, 0.15) is 41.3 Å². The summed E-state index contributed by atoms with van der Waals surface area (Å²) >= 11 is 0. The first kappa shape index (κ1) is 15.6. The van der Waals surface area contributed by atoms with E-state index in [-0.39, 0.29) is 5.91 Å². The van der Waals surface area contributed by atoms with Gasteiger partial charge in [-0.1, -0.05) is 26.0 Å². The maximum absolute atomic E-state index is 12.4. The van der Waals surface area contributed by atoms with E-state index >= 15 is 0 Å². The fourth-order valence-electron chi connectivity index (χ4n) is 2.62. The second-order valence-corrected chi connectivity index (χ2v) is 6.08. The molecule has 0 spiro atoms. The van der Waals surface area contributed by atoms with Crippen molar-refractivity contribution < 1.29 is 9.53 Å². The molecule has 2 aromatic carbocycles. The molecule has 2 N–H and O–H groups in total. The molecule has 1 aliphatic heterocycles. The lowest BCUT2D eigenvalue weighted by molar-refractivity contribution is 0.102. The van der Waals surface area contributed by atoms with Gasteiger partial charge in [0.2, 0.25) is 0 Å². The normalized spacial score (nSPS) is 13.9. The van der Waals surface area contributed by atoms with Crippen molar-refractivity contribution in [3.63, 3.8) is 0 Å². The highest BCUT2D eigenvalue weighted by Crippen LogP contribution is 2.24. The van der Waals surface area contributed by atoms with E-state index < -0.39 is 0 Å². The summed E-state index contributed by atoms with van der Waals surface area (Å²) in [6.45, 7) is 6.53. The Labute approximate surface area is 136 Å². The van der Waals surface area contributed by atoms with Gasteiger partial charge in [-0.05, 0) is 41.8 Å². The maximum atomic E-state index is 12.4. The number of fused-ring (bicyclic) bond motifs is 1. The highest BCUT2D eigenvalue weighted by atomic mass is 16.5. The van der Waals surface area contributed by atoms with Gasteiger partial charge in [0.1, 0.15) is 12.4 Å². The Bertz CT molecular complexity index is 693. The predicted octanol–water partition coefficient (Wildman–Crippen LogP) is 3.54. The van der Waals surface area contributed by atoms with Gasteiger partial charge >= 0.3 is 0 Å². The number of anilines is 1. The standard InChI is InChI=1S/C19H22N2O2/c1-13(2)14-3-5-15(6-4-14)19(22)21-17-7-8-18-16(11-17)12-20-9-10-23-18/h3-8,11,13,20H,9-10,12H2,1-2H3,(H,21,22). The molecular formula is C19H22N2O2. The summed E-state index contributed by atoms with van der Waals surface area (Å²) in [4.78, 5) is 12.4. The van der Waals surface area contributed by atoms with Crippen molar-refractivity contribution in [2.75, 3.05) is 18.5 Å². The van der Waals surface area contributed by atoms with Crippen LogP contribution < -0.4 is 15.4 Å². The summed E-state index contributed by atoms with van der Waals surface area (Å²) < 4.78 is 5.65. The molecule has 1 aliphatic rings. The third kappa shape index (κ3) is 3.71. The number of benzene rings is 2. The second kappa shape index (κ2) is 6.84. The first-order valence-electron chi connectivity index (χ1n) is 8.01. The summed E-state index contributed by atoms with van der Waals surface area (Å²) in [5, 5.41) is 6.25. The van der Waals surface area contributed by atoms with Crippen LogP contribution in [-0.2, 0) is 6.54 Å². The lowest BCUT2D eigenvalue weighted by atomic mass is 10.0. The summed E-state index contributed by atoms with van der Waals surface area (Å²) in [5.41, 5.74) is 3.75. The summed E-state index contributed by atoms with van der Waals surface area (Å²) in [6.07, 6.45) is 0. The Balaban J connectivity index is 1.73. The van der Waals surface area contributed by atoms with Crippen molar-refractivity contribution in [3.8, 4) is 5.75 Å². The molecule has 23 heavy (non-hydrogen) atoms. The number of carbonyl (C=O) groups is 1. The Hall–Kier alpha value is -2.33. The molecule has 120 valence electrons. The van der Waals surface area contributed by atoms with Crippen LogP contribution in [0, 0.1) is 0 Å². The van der Waals surface area contributed by atoms with Crippen LogP contribution in [0.25, 0.3) is 0 Å². The van der Waals surface area contributed by atoms with E-state index in [1.54, 1.807) is 0 Å². The molecule has 0 saturated carbocycles. The minimum absolute atomic E-state index is 0.0947. The van der Waals surface area contributed by atoms with Crippen LogP contribution in [0.15, 0.2) is 42.5 Å². The molecule has 0 fully saturated rings. The van der Waals surface area contributed by atoms with Gasteiger partial charge in [0, 0.05) is 29.9 Å². The van der Waals surface area contributed by atoms with Gasteiger partial charge in [-0.2, -0.15) is 0 Å². The highest BCUT2D eigenvalue weighted by Gasteiger charge is 2.11. The molecule has 0 radical (unpaired) electrons. The largest absolute Gasteiger partial charge is 0.492 e. The van der Waals surface area contributed by atoms with E-state index in [2.05, 4.69) is 24.5 Å². The first-order chi connectivity index (χ1) is 11.1. The predicted molar refractivity (Wildman–Crippen MR) is 92.1 cm³/mol. The van der Waals surface area contributed by atoms with E-state index in [1.807, 2.05) is 42.5 Å². The zero-order chi connectivity index (χ0) is 16.2. The van der Waals surface area contributed by atoms with Gasteiger partial charge in [0.25, 0.3) is 5.91 Å². The molecule has 0 unspecified atom stereocenters. The van der Waals surface area contributed by atoms with Gasteiger partial charge in [0.05, 0.1) is 0 Å². The first-order valence-corrected chi connectivity index (χ1v) is 8.01. The Kier molecular flexibility index (Phi) is 4.63. The van der Waals surface area contributed by atoms with Crippen LogP contribution >= 0.6 is 0 Å². The van der Waals surface area contributed by atoms with E-state index in [9.17, 15) is 4.79 Å². The molecule has 0 saturated heterocycles. The topological polar surface area (TPSA) is 50.4 Å². The molecule has 4 heteroatoms. The minimum Gasteiger partial charge on any atom is -0.492 e. The molecule has 3 rings (SSSR count). The number of carbonyl (C=O) groups excluding carboxylic acids is 1. The van der Waals surface area contributed by atoms with E-state index in [4.69, 9.17) is 4.74 Å². The molecule has 4 nitrogen and oxygen atoms in total. The Morgan fingerprint density at radius 1 is 1.17 bits per heavy atom. The van der Waals surface area contributed by atoms with Crippen LogP contribution in [0.2, 0.25) is 0 Å². The van der Waals surface area contributed by atoms with Crippen molar-refractivity contribution in [1.29, 1.82) is 0 Å².